The molecule has 3 rings (SSSR count). The van der Waals surface area contributed by atoms with E-state index >= 15 is 0 Å². The molecule has 0 radical (unpaired) electrons. The number of nitrogens with one attached hydrogen (secondary N) is 1. The molecule has 1 aliphatic heterocycles. The van der Waals surface area contributed by atoms with E-state index < -0.39 is 0 Å². The number of nitrogens with zero attached hydrogens (tertiary/aromatic N) is 3. The lowest BCUT2D eigenvalue weighted by molar-refractivity contribution is -0.131. The van der Waals surface area contributed by atoms with Crippen LogP contribution in [0.2, 0.25) is 0 Å². The molecule has 31 heavy (non-hydrogen) atoms. The minimum Gasteiger partial charge on any atom is -0.341 e. The molecule has 164 valence electrons. The fourth-order valence-electron chi connectivity index (χ4n) is 4.41. The van der Waals surface area contributed by atoms with E-state index in [0.29, 0.717) is 18.4 Å². The first kappa shape index (κ1) is 22.8. The highest BCUT2D eigenvalue weighted by molar-refractivity contribution is 5.76. The number of rotatable bonds is 7. The Balaban J connectivity index is 1.49. The lowest BCUT2D eigenvalue weighted by Gasteiger charge is -2.22. The minimum absolute atomic E-state index is 0.147. The van der Waals surface area contributed by atoms with Crippen molar-refractivity contribution in [3.8, 4) is 6.07 Å². The first-order valence-electron chi connectivity index (χ1n) is 11.2. The number of aromatic nitrogens is 1. The molecular weight excluding hydrogens is 388 g/mol. The maximum Gasteiger partial charge on any atom is 0.266 e. The Bertz CT molecular complexity index is 991. The number of aryl methyl sites for hydroxylation is 2. The van der Waals surface area contributed by atoms with Gasteiger partial charge in [-0.1, -0.05) is 30.3 Å². The lowest BCUT2D eigenvalue weighted by Crippen LogP contribution is -2.35. The van der Waals surface area contributed by atoms with Gasteiger partial charge in [0, 0.05) is 31.7 Å². The van der Waals surface area contributed by atoms with Crippen LogP contribution in [-0.4, -0.2) is 53.4 Å². The quantitative estimate of drug-likeness (QED) is 0.747. The third-order valence-electron chi connectivity index (χ3n) is 6.23. The smallest absolute Gasteiger partial charge is 0.266 e. The molecule has 0 atom stereocenters. The van der Waals surface area contributed by atoms with Crippen molar-refractivity contribution in [3.63, 3.8) is 0 Å². The molecule has 0 aliphatic carbocycles. The molecule has 0 spiro atoms. The number of aromatic amines is 1. The summed E-state index contributed by atoms with van der Waals surface area (Å²) >= 11 is 0. The molecule has 0 unspecified atom stereocenters. The summed E-state index contributed by atoms with van der Waals surface area (Å²) in [6, 6.07) is 12.5. The summed E-state index contributed by atoms with van der Waals surface area (Å²) in [5.74, 6) is 0.148. The van der Waals surface area contributed by atoms with Gasteiger partial charge < -0.3 is 14.8 Å². The number of hydrogen-bond acceptors (Lipinski definition) is 4. The van der Waals surface area contributed by atoms with Crippen LogP contribution in [0.5, 0.6) is 0 Å². The molecule has 2 heterocycles. The Morgan fingerprint density at radius 3 is 2.61 bits per heavy atom. The van der Waals surface area contributed by atoms with Crippen LogP contribution in [0.15, 0.2) is 35.1 Å². The molecule has 6 heteroatoms. The van der Waals surface area contributed by atoms with E-state index in [1.807, 2.05) is 24.0 Å². The molecule has 1 aromatic heterocycles. The summed E-state index contributed by atoms with van der Waals surface area (Å²) in [5, 5.41) is 9.23. The van der Waals surface area contributed by atoms with Gasteiger partial charge in [-0.05, 0) is 69.3 Å². The van der Waals surface area contributed by atoms with Gasteiger partial charge in [-0.2, -0.15) is 5.26 Å². The Morgan fingerprint density at radius 2 is 1.87 bits per heavy atom. The van der Waals surface area contributed by atoms with Gasteiger partial charge in [0.05, 0.1) is 0 Å². The summed E-state index contributed by atoms with van der Waals surface area (Å²) in [4.78, 5) is 31.9. The number of nitriles is 1. The first-order valence-corrected chi connectivity index (χ1v) is 11.2. The van der Waals surface area contributed by atoms with Crippen molar-refractivity contribution >= 4 is 5.91 Å². The van der Waals surface area contributed by atoms with E-state index in [-0.39, 0.29) is 17.0 Å². The summed E-state index contributed by atoms with van der Waals surface area (Å²) in [6.07, 6.45) is 4.14. The fraction of sp³-hybridized carbons (Fsp3) is 0.480. The normalized spacial score (nSPS) is 14.8. The third-order valence-corrected chi connectivity index (χ3v) is 6.23. The van der Waals surface area contributed by atoms with E-state index in [2.05, 4.69) is 34.1 Å². The predicted octanol–water partition coefficient (Wildman–Crippen LogP) is 2.96. The molecule has 0 bridgehead atoms. The van der Waals surface area contributed by atoms with Crippen LogP contribution in [0.4, 0.5) is 0 Å². The van der Waals surface area contributed by atoms with Crippen molar-refractivity contribution in [2.24, 2.45) is 0 Å². The molecule has 0 saturated carbocycles. The molecule has 1 N–H and O–H groups in total. The van der Waals surface area contributed by atoms with E-state index in [1.54, 1.807) is 6.92 Å². The zero-order chi connectivity index (χ0) is 22.2. The first-order chi connectivity index (χ1) is 15.0. The molecule has 1 saturated heterocycles. The topological polar surface area (TPSA) is 80.2 Å². The second kappa shape index (κ2) is 10.9. The molecule has 1 fully saturated rings. The molecule has 2 aromatic rings. The summed E-state index contributed by atoms with van der Waals surface area (Å²) in [5.41, 5.74) is 3.51. The molecular formula is C25H32N4O2. The average molecular weight is 421 g/mol. The molecule has 6 nitrogen and oxygen atoms in total. The lowest BCUT2D eigenvalue weighted by atomic mass is 9.99. The van der Waals surface area contributed by atoms with Gasteiger partial charge in [-0.15, -0.1) is 0 Å². The van der Waals surface area contributed by atoms with E-state index in [4.69, 9.17) is 0 Å². The maximum absolute atomic E-state index is 12.8. The van der Waals surface area contributed by atoms with Gasteiger partial charge in [0.25, 0.3) is 5.56 Å². The second-order valence-electron chi connectivity index (χ2n) is 8.33. The number of hydrogen-bond donors (Lipinski definition) is 1. The number of carbonyl (C=O) groups is 1. The highest BCUT2D eigenvalue weighted by atomic mass is 16.2. The van der Waals surface area contributed by atoms with Gasteiger partial charge in [0.1, 0.15) is 11.6 Å². The van der Waals surface area contributed by atoms with Crippen molar-refractivity contribution < 1.29 is 4.79 Å². The van der Waals surface area contributed by atoms with Crippen molar-refractivity contribution in [2.45, 2.75) is 46.0 Å². The minimum atomic E-state index is -0.354. The van der Waals surface area contributed by atoms with Gasteiger partial charge in [0.15, 0.2) is 0 Å². The molecule has 1 aliphatic rings. The van der Waals surface area contributed by atoms with E-state index in [9.17, 15) is 14.9 Å². The van der Waals surface area contributed by atoms with Crippen LogP contribution in [0.1, 0.15) is 47.2 Å². The summed E-state index contributed by atoms with van der Waals surface area (Å²) in [6.45, 7) is 8.18. The standard InChI is InChI=1S/C25H32N4O2/c1-19-22(20(2)27-25(31)23(19)18-26)11-12-24(30)29-15-7-14-28(16-17-29)13-6-10-21-8-4-3-5-9-21/h3-5,8-9H,6-7,10-17H2,1-2H3,(H,27,31). The van der Waals surface area contributed by atoms with Crippen molar-refractivity contribution in [2.75, 3.05) is 32.7 Å². The zero-order valence-electron chi connectivity index (χ0n) is 18.6. The van der Waals surface area contributed by atoms with Gasteiger partial charge in [-0.25, -0.2) is 0 Å². The summed E-state index contributed by atoms with van der Waals surface area (Å²) < 4.78 is 0. The zero-order valence-corrected chi connectivity index (χ0v) is 18.6. The van der Waals surface area contributed by atoms with Crippen LogP contribution in [0.25, 0.3) is 0 Å². The Morgan fingerprint density at radius 1 is 1.10 bits per heavy atom. The third kappa shape index (κ3) is 6.05. The highest BCUT2D eigenvalue weighted by Gasteiger charge is 2.20. The highest BCUT2D eigenvalue weighted by Crippen LogP contribution is 2.16. The fourth-order valence-corrected chi connectivity index (χ4v) is 4.41. The van der Waals surface area contributed by atoms with Gasteiger partial charge in [-0.3, -0.25) is 9.59 Å². The van der Waals surface area contributed by atoms with Crippen LogP contribution < -0.4 is 5.56 Å². The largest absolute Gasteiger partial charge is 0.341 e. The van der Waals surface area contributed by atoms with Crippen molar-refractivity contribution in [1.82, 2.24) is 14.8 Å². The Kier molecular flexibility index (Phi) is 8.02. The number of amides is 1. The van der Waals surface area contributed by atoms with Crippen LogP contribution >= 0.6 is 0 Å². The Hall–Kier alpha value is -2.91. The van der Waals surface area contributed by atoms with Crippen LogP contribution in [0.3, 0.4) is 0 Å². The van der Waals surface area contributed by atoms with Crippen LogP contribution in [-0.2, 0) is 17.6 Å². The monoisotopic (exact) mass is 420 g/mol. The maximum atomic E-state index is 12.8. The molecule has 1 aromatic carbocycles. The number of carbonyl (C=O) groups excluding carboxylic acids is 1. The predicted molar refractivity (Wildman–Crippen MR) is 122 cm³/mol. The average Bonchev–Trinajstić information content (AvgIpc) is 3.00. The van der Waals surface area contributed by atoms with E-state index in [1.165, 1.54) is 5.56 Å². The van der Waals surface area contributed by atoms with Crippen molar-refractivity contribution in [1.29, 1.82) is 5.26 Å². The SMILES string of the molecule is Cc1[nH]c(=O)c(C#N)c(C)c1CCC(=O)N1CCCN(CCCc2ccccc2)CC1. The van der Waals surface area contributed by atoms with Gasteiger partial charge >= 0.3 is 0 Å². The van der Waals surface area contributed by atoms with Crippen LogP contribution in [0, 0.1) is 25.2 Å². The number of H-pyrrole nitrogens is 1. The van der Waals surface area contributed by atoms with E-state index in [0.717, 1.165) is 63.2 Å². The number of benzene rings is 1. The molecule has 1 amide bonds. The summed E-state index contributed by atoms with van der Waals surface area (Å²) in [7, 11) is 0. The van der Waals surface area contributed by atoms with Crippen molar-refractivity contribution in [3.05, 3.63) is 68.6 Å². The Labute approximate surface area is 184 Å². The number of pyridine rings is 1. The second-order valence-corrected chi connectivity index (χ2v) is 8.33. The van der Waals surface area contributed by atoms with Gasteiger partial charge in [0.2, 0.25) is 5.91 Å².